The summed E-state index contributed by atoms with van der Waals surface area (Å²) in [6.07, 6.45) is 0.976. The highest BCUT2D eigenvalue weighted by molar-refractivity contribution is 6.31. The molecule has 8 heteroatoms. The molecule has 1 unspecified atom stereocenters. The minimum absolute atomic E-state index is 0.00416. The number of carbonyl (C=O) groups excluding carboxylic acids is 1. The molecule has 1 amide bonds. The van der Waals surface area contributed by atoms with E-state index >= 15 is 0 Å². The van der Waals surface area contributed by atoms with Crippen LogP contribution in [0.2, 0.25) is 10.0 Å². The molecule has 0 spiro atoms. The van der Waals surface area contributed by atoms with Crippen molar-refractivity contribution in [3.63, 3.8) is 0 Å². The number of benzene rings is 2. The summed E-state index contributed by atoms with van der Waals surface area (Å²) in [5.41, 5.74) is 1.39. The summed E-state index contributed by atoms with van der Waals surface area (Å²) in [6.45, 7) is 0.364. The minimum Gasteiger partial charge on any atom is -0.337 e. The first-order chi connectivity index (χ1) is 13.0. The maximum atomic E-state index is 13.3. The number of carbonyl (C=O) groups is 1. The third-order valence-corrected chi connectivity index (χ3v) is 5.19. The van der Waals surface area contributed by atoms with Crippen molar-refractivity contribution in [3.05, 3.63) is 69.8 Å². The van der Waals surface area contributed by atoms with E-state index in [9.17, 15) is 9.18 Å². The van der Waals surface area contributed by atoms with E-state index in [1.807, 2.05) is 18.2 Å². The quantitative estimate of drug-likeness (QED) is 0.609. The Bertz CT molecular complexity index is 1010. The number of hydrogen-bond donors (Lipinski definition) is 0. The van der Waals surface area contributed by atoms with Crippen molar-refractivity contribution in [2.24, 2.45) is 0 Å². The molecule has 1 aliphatic heterocycles. The second-order valence-corrected chi connectivity index (χ2v) is 7.07. The molecule has 1 aromatic heterocycles. The molecule has 0 N–H and O–H groups in total. The maximum Gasteiger partial charge on any atom is 0.249 e. The zero-order valence-corrected chi connectivity index (χ0v) is 15.5. The lowest BCUT2D eigenvalue weighted by atomic mass is 10.1. The van der Waals surface area contributed by atoms with Gasteiger partial charge in [-0.1, -0.05) is 46.6 Å². The van der Waals surface area contributed by atoms with Crippen molar-refractivity contribution in [3.8, 4) is 11.4 Å². The zero-order chi connectivity index (χ0) is 19.0. The topological polar surface area (TPSA) is 59.2 Å². The molecule has 2 aromatic carbocycles. The van der Waals surface area contributed by atoms with Crippen molar-refractivity contribution in [2.75, 3.05) is 0 Å². The van der Waals surface area contributed by atoms with E-state index in [1.165, 1.54) is 18.2 Å². The van der Waals surface area contributed by atoms with Gasteiger partial charge >= 0.3 is 0 Å². The molecule has 138 valence electrons. The average Bonchev–Trinajstić information content (AvgIpc) is 3.27. The van der Waals surface area contributed by atoms with E-state index in [0.29, 0.717) is 41.7 Å². The fourth-order valence-corrected chi connectivity index (χ4v) is 3.50. The molecule has 3 aromatic rings. The van der Waals surface area contributed by atoms with Gasteiger partial charge in [-0.05, 0) is 36.2 Å². The number of amides is 1. The maximum absolute atomic E-state index is 13.3. The summed E-state index contributed by atoms with van der Waals surface area (Å²) in [4.78, 5) is 18.5. The van der Waals surface area contributed by atoms with Crippen LogP contribution in [0.3, 0.4) is 0 Å². The first-order valence-corrected chi connectivity index (χ1v) is 9.10. The predicted molar refractivity (Wildman–Crippen MR) is 98.7 cm³/mol. The Morgan fingerprint density at radius 1 is 1.19 bits per heavy atom. The summed E-state index contributed by atoms with van der Waals surface area (Å²) in [6, 6.07) is 11.3. The Balaban J connectivity index is 1.60. The van der Waals surface area contributed by atoms with Gasteiger partial charge in [0.05, 0.1) is 5.02 Å². The number of hydrogen-bond acceptors (Lipinski definition) is 4. The van der Waals surface area contributed by atoms with Gasteiger partial charge in [0.2, 0.25) is 17.6 Å². The first kappa shape index (κ1) is 17.9. The van der Waals surface area contributed by atoms with Gasteiger partial charge in [0.25, 0.3) is 0 Å². The fourth-order valence-electron chi connectivity index (χ4n) is 3.12. The molecule has 0 saturated carbocycles. The minimum atomic E-state index is -0.517. The van der Waals surface area contributed by atoms with Crippen LogP contribution in [0.4, 0.5) is 4.39 Å². The summed E-state index contributed by atoms with van der Waals surface area (Å²) in [7, 11) is 0. The number of halogens is 3. The molecule has 0 bridgehead atoms. The molecule has 0 aliphatic carbocycles. The van der Waals surface area contributed by atoms with Crippen LogP contribution in [-0.4, -0.2) is 20.9 Å². The van der Waals surface area contributed by atoms with E-state index in [0.717, 1.165) is 5.56 Å². The van der Waals surface area contributed by atoms with Gasteiger partial charge in [-0.2, -0.15) is 4.98 Å². The summed E-state index contributed by atoms with van der Waals surface area (Å²) >= 11 is 12.0. The van der Waals surface area contributed by atoms with E-state index in [4.69, 9.17) is 27.7 Å². The lowest BCUT2D eigenvalue weighted by molar-refractivity contribution is -0.129. The van der Waals surface area contributed by atoms with Crippen molar-refractivity contribution in [1.82, 2.24) is 15.0 Å². The number of likely N-dealkylation sites (tertiary alicyclic amines) is 1. The van der Waals surface area contributed by atoms with Crippen molar-refractivity contribution in [2.45, 2.75) is 25.4 Å². The summed E-state index contributed by atoms with van der Waals surface area (Å²) in [5.74, 6) is 0.119. The largest absolute Gasteiger partial charge is 0.337 e. The molecule has 4 rings (SSSR count). The molecule has 1 saturated heterocycles. The third kappa shape index (κ3) is 3.55. The third-order valence-electron chi connectivity index (χ3n) is 4.53. The van der Waals surface area contributed by atoms with Gasteiger partial charge in [-0.25, -0.2) is 4.39 Å². The number of aromatic nitrogens is 2. The molecule has 5 nitrogen and oxygen atoms in total. The van der Waals surface area contributed by atoms with Crippen LogP contribution in [-0.2, 0) is 11.3 Å². The van der Waals surface area contributed by atoms with Crippen LogP contribution < -0.4 is 0 Å². The van der Waals surface area contributed by atoms with Gasteiger partial charge in [-0.3, -0.25) is 4.79 Å². The molecule has 1 aliphatic rings. The highest BCUT2D eigenvalue weighted by atomic mass is 35.5. The standard InChI is InChI=1S/C19H14Cl2FN3O2/c20-13-4-2-1-3-12(13)10-25-16(7-8-17(25)26)19-23-18(24-27-19)11-5-6-15(22)14(21)9-11/h1-6,9,16H,7-8,10H2. The smallest absolute Gasteiger partial charge is 0.249 e. The van der Waals surface area contributed by atoms with Crippen LogP contribution in [0, 0.1) is 5.82 Å². The molecule has 0 radical (unpaired) electrons. The van der Waals surface area contributed by atoms with Crippen LogP contribution in [0.15, 0.2) is 47.0 Å². The monoisotopic (exact) mass is 405 g/mol. The molecule has 1 fully saturated rings. The number of rotatable bonds is 4. The summed E-state index contributed by atoms with van der Waals surface area (Å²) < 4.78 is 18.7. The SMILES string of the molecule is O=C1CCC(c2nc(-c3ccc(F)c(Cl)c3)no2)N1Cc1ccccc1Cl. The Morgan fingerprint density at radius 2 is 2.00 bits per heavy atom. The van der Waals surface area contributed by atoms with Gasteiger partial charge in [0.1, 0.15) is 11.9 Å². The van der Waals surface area contributed by atoms with Crippen LogP contribution >= 0.6 is 23.2 Å². The molecule has 1 atom stereocenters. The van der Waals surface area contributed by atoms with Crippen LogP contribution in [0.1, 0.15) is 30.3 Å². The fraction of sp³-hybridized carbons (Fsp3) is 0.211. The van der Waals surface area contributed by atoms with E-state index in [1.54, 1.807) is 11.0 Å². The van der Waals surface area contributed by atoms with Crippen molar-refractivity contribution in [1.29, 1.82) is 0 Å². The molecule has 2 heterocycles. The average molecular weight is 406 g/mol. The molecular formula is C19H14Cl2FN3O2. The number of nitrogens with zero attached hydrogens (tertiary/aromatic N) is 3. The molecule has 27 heavy (non-hydrogen) atoms. The lowest BCUT2D eigenvalue weighted by Crippen LogP contribution is -2.27. The molecular weight excluding hydrogens is 392 g/mol. The second-order valence-electron chi connectivity index (χ2n) is 6.25. The van der Waals surface area contributed by atoms with Crippen LogP contribution in [0.25, 0.3) is 11.4 Å². The lowest BCUT2D eigenvalue weighted by Gasteiger charge is -2.22. The summed E-state index contributed by atoms with van der Waals surface area (Å²) in [5, 5.41) is 4.54. The van der Waals surface area contributed by atoms with Crippen molar-refractivity contribution < 1.29 is 13.7 Å². The van der Waals surface area contributed by atoms with Gasteiger partial charge < -0.3 is 9.42 Å². The Labute approximate surface area is 164 Å². The van der Waals surface area contributed by atoms with Crippen LogP contribution in [0.5, 0.6) is 0 Å². The predicted octanol–water partition coefficient (Wildman–Crippen LogP) is 5.05. The Hall–Kier alpha value is -2.44. The van der Waals surface area contributed by atoms with E-state index in [2.05, 4.69) is 10.1 Å². The zero-order valence-electron chi connectivity index (χ0n) is 14.0. The first-order valence-electron chi connectivity index (χ1n) is 8.35. The van der Waals surface area contributed by atoms with Crippen molar-refractivity contribution >= 4 is 29.1 Å². The van der Waals surface area contributed by atoms with E-state index in [-0.39, 0.29) is 17.0 Å². The van der Waals surface area contributed by atoms with Gasteiger partial charge in [-0.15, -0.1) is 0 Å². The normalized spacial score (nSPS) is 16.9. The highest BCUT2D eigenvalue weighted by Crippen LogP contribution is 2.35. The Kier molecular flexibility index (Phi) is 4.85. The second kappa shape index (κ2) is 7.29. The van der Waals surface area contributed by atoms with E-state index < -0.39 is 5.82 Å². The Morgan fingerprint density at radius 3 is 2.78 bits per heavy atom. The van der Waals surface area contributed by atoms with Gasteiger partial charge in [0.15, 0.2) is 0 Å². The van der Waals surface area contributed by atoms with Gasteiger partial charge in [0, 0.05) is 23.6 Å². The highest BCUT2D eigenvalue weighted by Gasteiger charge is 2.36.